The van der Waals surface area contributed by atoms with Gasteiger partial charge in [0.2, 0.25) is 10.0 Å². The molecule has 8 nitrogen and oxygen atoms in total. The predicted octanol–water partition coefficient (Wildman–Crippen LogP) is 4.30. The van der Waals surface area contributed by atoms with E-state index in [-0.39, 0.29) is 5.25 Å². The van der Waals surface area contributed by atoms with Gasteiger partial charge in [-0.25, -0.2) is 13.1 Å². The normalized spacial score (nSPS) is 16.8. The van der Waals surface area contributed by atoms with Crippen LogP contribution in [0.15, 0.2) is 42.7 Å². The number of aromatic amines is 1. The minimum Gasteiger partial charge on any atom is -0.337 e. The molecule has 4 aromatic rings. The molecule has 1 aliphatic carbocycles. The quantitative estimate of drug-likeness (QED) is 0.442. The minimum atomic E-state index is -3.15. The van der Waals surface area contributed by atoms with E-state index in [4.69, 9.17) is 16.7 Å². The topological polar surface area (TPSA) is 95.9 Å². The van der Waals surface area contributed by atoms with Crippen LogP contribution in [-0.2, 0) is 23.0 Å². The molecule has 0 radical (unpaired) electrons. The van der Waals surface area contributed by atoms with Gasteiger partial charge >= 0.3 is 0 Å². The van der Waals surface area contributed by atoms with Gasteiger partial charge in [-0.2, -0.15) is 9.40 Å². The highest BCUT2D eigenvalue weighted by Gasteiger charge is 2.40. The monoisotopic (exact) mass is 482 g/mol. The Labute approximate surface area is 196 Å². The average Bonchev–Trinajstić information content (AvgIpc) is 3.47. The molecule has 1 fully saturated rings. The van der Waals surface area contributed by atoms with E-state index in [2.05, 4.69) is 21.6 Å². The fraction of sp³-hybridized carbons (Fsp3) is 0.304. The van der Waals surface area contributed by atoms with Gasteiger partial charge in [0.1, 0.15) is 0 Å². The summed E-state index contributed by atoms with van der Waals surface area (Å²) in [5.74, 6) is 0.721. The molecule has 33 heavy (non-hydrogen) atoms. The third kappa shape index (κ3) is 3.60. The largest absolute Gasteiger partial charge is 0.337 e. The van der Waals surface area contributed by atoms with Gasteiger partial charge in [0, 0.05) is 30.2 Å². The second-order valence-electron chi connectivity index (χ2n) is 8.77. The van der Waals surface area contributed by atoms with Crippen LogP contribution >= 0.6 is 11.6 Å². The number of aryl methyl sites for hydroxylation is 1. The summed E-state index contributed by atoms with van der Waals surface area (Å²) in [6.07, 6.45) is 5.97. The summed E-state index contributed by atoms with van der Waals surface area (Å²) in [4.78, 5) is 0. The van der Waals surface area contributed by atoms with Crippen molar-refractivity contribution in [2.75, 3.05) is 11.9 Å². The Morgan fingerprint density at radius 2 is 2.03 bits per heavy atom. The van der Waals surface area contributed by atoms with Crippen LogP contribution in [0.1, 0.15) is 29.5 Å². The summed E-state index contributed by atoms with van der Waals surface area (Å²) in [6, 6.07) is 9.96. The molecule has 6 rings (SSSR count). The van der Waals surface area contributed by atoms with E-state index in [1.54, 1.807) is 10.5 Å². The Morgan fingerprint density at radius 3 is 2.85 bits per heavy atom. The number of anilines is 2. The third-order valence-electron chi connectivity index (χ3n) is 6.45. The first-order valence-electron chi connectivity index (χ1n) is 11.0. The van der Waals surface area contributed by atoms with E-state index >= 15 is 0 Å². The maximum atomic E-state index is 12.6. The highest BCUT2D eigenvalue weighted by molar-refractivity contribution is 7.90. The molecule has 3 heterocycles. The molecule has 0 spiro atoms. The number of aromatic nitrogens is 4. The molecule has 2 N–H and O–H groups in total. The Bertz CT molecular complexity index is 1490. The number of nitrogens with one attached hydrogen (secondary N) is 2. The number of fused-ring (bicyclic) bond motifs is 2. The molecule has 2 aliphatic rings. The van der Waals surface area contributed by atoms with Crippen LogP contribution < -0.4 is 5.32 Å². The Hall–Kier alpha value is -2.88. The summed E-state index contributed by atoms with van der Waals surface area (Å²) >= 11 is 6.55. The first-order chi connectivity index (χ1) is 15.9. The second kappa shape index (κ2) is 7.58. The van der Waals surface area contributed by atoms with Crippen LogP contribution in [-0.4, -0.2) is 44.5 Å². The maximum Gasteiger partial charge on any atom is 0.217 e. The van der Waals surface area contributed by atoms with Crippen molar-refractivity contribution in [3.8, 4) is 5.69 Å². The number of nitrogens with zero attached hydrogens (tertiary/aromatic N) is 4. The molecule has 2 aromatic heterocycles. The number of hydrogen-bond donors (Lipinski definition) is 2. The summed E-state index contributed by atoms with van der Waals surface area (Å²) in [5.41, 5.74) is 5.81. The molecule has 0 amide bonds. The first-order valence-corrected chi connectivity index (χ1v) is 12.8. The van der Waals surface area contributed by atoms with Crippen molar-refractivity contribution in [2.45, 2.75) is 38.0 Å². The van der Waals surface area contributed by atoms with E-state index in [0.29, 0.717) is 24.5 Å². The second-order valence-corrected chi connectivity index (χ2v) is 11.4. The number of benzene rings is 2. The number of rotatable bonds is 5. The molecular formula is C23H23ClN6O2S. The van der Waals surface area contributed by atoms with E-state index in [0.717, 1.165) is 52.1 Å². The maximum absolute atomic E-state index is 12.6. The molecule has 0 atom stereocenters. The lowest BCUT2D eigenvalue weighted by atomic mass is 10.0. The molecule has 170 valence electrons. The summed E-state index contributed by atoms with van der Waals surface area (Å²) in [7, 11) is -3.15. The van der Waals surface area contributed by atoms with Gasteiger partial charge in [-0.3, -0.25) is 5.10 Å². The van der Waals surface area contributed by atoms with E-state index in [9.17, 15) is 8.42 Å². The van der Waals surface area contributed by atoms with Gasteiger partial charge in [0.15, 0.2) is 5.82 Å². The highest BCUT2D eigenvalue weighted by atomic mass is 35.5. The molecule has 0 bridgehead atoms. The lowest BCUT2D eigenvalue weighted by Crippen LogP contribution is -2.38. The third-order valence-corrected chi connectivity index (χ3v) is 9.20. The van der Waals surface area contributed by atoms with Crippen LogP contribution in [0.3, 0.4) is 0 Å². The molecule has 0 saturated heterocycles. The summed E-state index contributed by atoms with van der Waals surface area (Å²) in [5, 5.41) is 16.3. The van der Waals surface area contributed by atoms with E-state index in [1.807, 2.05) is 42.1 Å². The van der Waals surface area contributed by atoms with E-state index < -0.39 is 10.0 Å². The van der Waals surface area contributed by atoms with Gasteiger partial charge < -0.3 is 5.32 Å². The lowest BCUT2D eigenvalue weighted by molar-refractivity contribution is 0.390. The van der Waals surface area contributed by atoms with Crippen molar-refractivity contribution >= 4 is 44.0 Å². The number of H-pyrrole nitrogens is 1. The van der Waals surface area contributed by atoms with E-state index in [1.165, 1.54) is 5.56 Å². The summed E-state index contributed by atoms with van der Waals surface area (Å²) in [6.45, 7) is 2.98. The predicted molar refractivity (Wildman–Crippen MR) is 129 cm³/mol. The molecular weight excluding hydrogens is 460 g/mol. The van der Waals surface area contributed by atoms with Crippen LogP contribution in [0.25, 0.3) is 16.6 Å². The fourth-order valence-corrected chi connectivity index (χ4v) is 6.45. The minimum absolute atomic E-state index is 0.168. The molecule has 0 unspecified atom stereocenters. The first kappa shape index (κ1) is 20.7. The number of hydrogen-bond acceptors (Lipinski definition) is 5. The van der Waals surface area contributed by atoms with Crippen molar-refractivity contribution in [3.63, 3.8) is 0 Å². The van der Waals surface area contributed by atoms with Gasteiger partial charge in [0.25, 0.3) is 0 Å². The lowest BCUT2D eigenvalue weighted by Gasteiger charge is -2.28. The van der Waals surface area contributed by atoms with Gasteiger partial charge in [-0.1, -0.05) is 17.7 Å². The van der Waals surface area contributed by atoms with Crippen molar-refractivity contribution in [2.24, 2.45) is 0 Å². The SMILES string of the molecule is Cc1cn(-c2ccc3c(c2)CCN(S(=O)(=O)C2CC2)C3)nc1Nc1ccc2[nH]ncc2c1Cl. The molecule has 1 aliphatic heterocycles. The van der Waals surface area contributed by atoms with Crippen LogP contribution in [0.2, 0.25) is 5.02 Å². The van der Waals surface area contributed by atoms with Crippen molar-refractivity contribution < 1.29 is 8.42 Å². The zero-order valence-electron chi connectivity index (χ0n) is 18.0. The van der Waals surface area contributed by atoms with Crippen LogP contribution in [0.5, 0.6) is 0 Å². The standard InChI is InChI=1S/C23H23ClN6O2S/c1-14-12-30(28-23(14)26-21-7-6-20-19(22(21)24)11-25-27-20)17-3-2-16-13-29(9-8-15(16)10-17)33(31,32)18-4-5-18/h2-3,6-7,10-12,18H,4-5,8-9,13H2,1H3,(H,25,27)(H,26,28). The highest BCUT2D eigenvalue weighted by Crippen LogP contribution is 2.35. The number of sulfonamides is 1. The van der Waals surface area contributed by atoms with Crippen LogP contribution in [0.4, 0.5) is 11.5 Å². The zero-order chi connectivity index (χ0) is 22.7. The molecule has 10 heteroatoms. The number of halogens is 1. The average molecular weight is 483 g/mol. The van der Waals surface area contributed by atoms with Crippen molar-refractivity contribution in [3.05, 3.63) is 64.4 Å². The Kier molecular flexibility index (Phi) is 4.76. The zero-order valence-corrected chi connectivity index (χ0v) is 19.6. The molecule has 2 aromatic carbocycles. The Morgan fingerprint density at radius 1 is 1.18 bits per heavy atom. The van der Waals surface area contributed by atoms with Crippen molar-refractivity contribution in [1.82, 2.24) is 24.3 Å². The fourth-order valence-electron chi connectivity index (χ4n) is 4.37. The smallest absolute Gasteiger partial charge is 0.217 e. The van der Waals surface area contributed by atoms with Gasteiger partial charge in [0.05, 0.1) is 33.4 Å². The Balaban J connectivity index is 1.25. The summed E-state index contributed by atoms with van der Waals surface area (Å²) < 4.78 is 28.7. The van der Waals surface area contributed by atoms with Gasteiger partial charge in [-0.05, 0) is 61.6 Å². The van der Waals surface area contributed by atoms with Gasteiger partial charge in [-0.15, -0.1) is 5.10 Å². The van der Waals surface area contributed by atoms with Crippen LogP contribution in [0, 0.1) is 6.92 Å². The van der Waals surface area contributed by atoms with Crippen molar-refractivity contribution in [1.29, 1.82) is 0 Å². The molecule has 1 saturated carbocycles.